The third-order valence-electron chi connectivity index (χ3n) is 5.94. The molecule has 0 spiro atoms. The molecular weight excluding hydrogens is 454 g/mol. The van der Waals surface area contributed by atoms with E-state index < -0.39 is 17.5 Å². The molecule has 0 radical (unpaired) electrons. The third-order valence-corrected chi connectivity index (χ3v) is 5.94. The molecule has 1 aliphatic rings. The van der Waals surface area contributed by atoms with Gasteiger partial charge in [0.25, 0.3) is 5.91 Å². The van der Waals surface area contributed by atoms with Crippen LogP contribution in [0, 0.1) is 11.6 Å². The molecule has 2 aromatic heterocycles. The standard InChI is InChI=1S/C25H26F2N6O2/c1-32-8-7-24(34)33(10-9-32)18-6-5-16(29-13-18)11-17-12-23(20(15-30-17)25(28)35)31-14-19-21(26)3-2-4-22(19)27/h2-6,12-13,15H,7-11,14H2,1H3,(H2,28,35)(H,30,31). The molecular formula is C25H26F2N6O2. The number of carbonyl (C=O) groups is 2. The average Bonchev–Trinajstić information content (AvgIpc) is 3.00. The molecule has 0 unspecified atom stereocenters. The Hall–Kier alpha value is -3.92. The Kier molecular flexibility index (Phi) is 7.31. The summed E-state index contributed by atoms with van der Waals surface area (Å²) in [5, 5.41) is 2.90. The molecule has 8 nitrogen and oxygen atoms in total. The van der Waals surface area contributed by atoms with Crippen molar-refractivity contribution in [3.8, 4) is 0 Å². The summed E-state index contributed by atoms with van der Waals surface area (Å²) < 4.78 is 28.0. The molecule has 0 aliphatic carbocycles. The number of anilines is 2. The van der Waals surface area contributed by atoms with Gasteiger partial charge in [0.1, 0.15) is 11.6 Å². The van der Waals surface area contributed by atoms with Crippen LogP contribution in [0.5, 0.6) is 0 Å². The Balaban J connectivity index is 1.50. The van der Waals surface area contributed by atoms with E-state index >= 15 is 0 Å². The van der Waals surface area contributed by atoms with Gasteiger partial charge in [-0.3, -0.25) is 19.6 Å². The fourth-order valence-corrected chi connectivity index (χ4v) is 3.89. The van der Waals surface area contributed by atoms with Crippen LogP contribution in [0.15, 0.2) is 48.8 Å². The molecule has 3 N–H and O–H groups in total. The normalized spacial score (nSPS) is 14.6. The molecule has 182 valence electrons. The lowest BCUT2D eigenvalue weighted by molar-refractivity contribution is -0.118. The van der Waals surface area contributed by atoms with Crippen molar-refractivity contribution < 1.29 is 18.4 Å². The maximum absolute atomic E-state index is 14.0. The smallest absolute Gasteiger partial charge is 0.252 e. The Morgan fingerprint density at radius 3 is 2.49 bits per heavy atom. The lowest BCUT2D eigenvalue weighted by Crippen LogP contribution is -2.32. The van der Waals surface area contributed by atoms with Crippen LogP contribution in [0.2, 0.25) is 0 Å². The molecule has 10 heteroatoms. The number of pyridine rings is 2. The number of aromatic nitrogens is 2. The summed E-state index contributed by atoms with van der Waals surface area (Å²) in [5.41, 5.74) is 7.76. The average molecular weight is 481 g/mol. The fraction of sp³-hybridized carbons (Fsp3) is 0.280. The van der Waals surface area contributed by atoms with Gasteiger partial charge < -0.3 is 20.9 Å². The highest BCUT2D eigenvalue weighted by Crippen LogP contribution is 2.22. The SMILES string of the molecule is CN1CCC(=O)N(c2ccc(Cc3cc(NCc4c(F)cccc4F)c(C(N)=O)cn3)nc2)CC1. The zero-order valence-corrected chi connectivity index (χ0v) is 19.3. The van der Waals surface area contributed by atoms with Gasteiger partial charge in [-0.25, -0.2) is 8.78 Å². The second-order valence-corrected chi connectivity index (χ2v) is 8.42. The molecule has 2 amide bonds. The van der Waals surface area contributed by atoms with Crippen molar-refractivity contribution in [3.05, 3.63) is 82.9 Å². The molecule has 3 aromatic rings. The van der Waals surface area contributed by atoms with E-state index in [2.05, 4.69) is 20.2 Å². The minimum absolute atomic E-state index is 0.0645. The summed E-state index contributed by atoms with van der Waals surface area (Å²) in [5.74, 6) is -2.03. The van der Waals surface area contributed by atoms with E-state index in [-0.39, 0.29) is 23.6 Å². The van der Waals surface area contributed by atoms with Gasteiger partial charge in [0.15, 0.2) is 0 Å². The van der Waals surface area contributed by atoms with E-state index in [4.69, 9.17) is 5.73 Å². The zero-order valence-electron chi connectivity index (χ0n) is 19.3. The van der Waals surface area contributed by atoms with Gasteiger partial charge in [0.05, 0.1) is 23.1 Å². The molecule has 1 saturated heterocycles. The van der Waals surface area contributed by atoms with Crippen LogP contribution in [0.3, 0.4) is 0 Å². The summed E-state index contributed by atoms with van der Waals surface area (Å²) in [6.07, 6.45) is 3.80. The lowest BCUT2D eigenvalue weighted by atomic mass is 10.1. The number of carbonyl (C=O) groups excluding carboxylic acids is 2. The first-order chi connectivity index (χ1) is 16.8. The first-order valence-corrected chi connectivity index (χ1v) is 11.2. The molecule has 0 bridgehead atoms. The second-order valence-electron chi connectivity index (χ2n) is 8.42. The predicted molar refractivity (Wildman–Crippen MR) is 128 cm³/mol. The molecule has 4 rings (SSSR count). The van der Waals surface area contributed by atoms with Crippen LogP contribution >= 0.6 is 0 Å². The van der Waals surface area contributed by atoms with Gasteiger partial charge in [-0.2, -0.15) is 0 Å². The van der Waals surface area contributed by atoms with Gasteiger partial charge in [-0.15, -0.1) is 0 Å². The first-order valence-electron chi connectivity index (χ1n) is 11.2. The van der Waals surface area contributed by atoms with Crippen molar-refractivity contribution in [2.75, 3.05) is 36.9 Å². The Morgan fingerprint density at radius 1 is 1.06 bits per heavy atom. The van der Waals surface area contributed by atoms with E-state index in [1.807, 2.05) is 19.2 Å². The number of benzene rings is 1. The van der Waals surface area contributed by atoms with Crippen LogP contribution in [-0.4, -0.2) is 53.4 Å². The molecule has 1 aromatic carbocycles. The molecule has 0 saturated carbocycles. The molecule has 0 atom stereocenters. The number of nitrogens with zero attached hydrogens (tertiary/aromatic N) is 4. The quantitative estimate of drug-likeness (QED) is 0.539. The van der Waals surface area contributed by atoms with Crippen molar-refractivity contribution >= 4 is 23.2 Å². The molecule has 3 heterocycles. The highest BCUT2D eigenvalue weighted by atomic mass is 19.1. The minimum Gasteiger partial charge on any atom is -0.380 e. The van der Waals surface area contributed by atoms with E-state index in [9.17, 15) is 18.4 Å². The summed E-state index contributed by atoms with van der Waals surface area (Å²) in [4.78, 5) is 36.9. The number of likely N-dealkylation sites (N-methyl/N-ethyl adjacent to an activating group) is 1. The van der Waals surface area contributed by atoms with Gasteiger partial charge in [0.2, 0.25) is 5.91 Å². The molecule has 35 heavy (non-hydrogen) atoms. The van der Waals surface area contributed by atoms with Crippen LogP contribution in [0.4, 0.5) is 20.2 Å². The molecule has 1 fully saturated rings. The maximum Gasteiger partial charge on any atom is 0.252 e. The number of hydrogen-bond acceptors (Lipinski definition) is 6. The van der Waals surface area contributed by atoms with Crippen LogP contribution in [0.1, 0.15) is 33.7 Å². The van der Waals surface area contributed by atoms with Crippen LogP contribution in [0.25, 0.3) is 0 Å². The molecule has 1 aliphatic heterocycles. The highest BCUT2D eigenvalue weighted by molar-refractivity contribution is 5.98. The third kappa shape index (κ3) is 5.78. The van der Waals surface area contributed by atoms with Gasteiger partial charge >= 0.3 is 0 Å². The largest absolute Gasteiger partial charge is 0.380 e. The maximum atomic E-state index is 14.0. The number of primary amides is 1. The van der Waals surface area contributed by atoms with E-state index in [1.54, 1.807) is 17.2 Å². The van der Waals surface area contributed by atoms with Crippen molar-refractivity contribution in [1.29, 1.82) is 0 Å². The second kappa shape index (κ2) is 10.6. The number of amides is 2. The van der Waals surface area contributed by atoms with E-state index in [0.29, 0.717) is 36.5 Å². The topological polar surface area (TPSA) is 104 Å². The Bertz CT molecular complexity index is 1210. The summed E-state index contributed by atoms with van der Waals surface area (Å²) >= 11 is 0. The summed E-state index contributed by atoms with van der Waals surface area (Å²) in [6.45, 7) is 1.95. The number of rotatable bonds is 7. The van der Waals surface area contributed by atoms with E-state index in [1.165, 1.54) is 24.4 Å². The van der Waals surface area contributed by atoms with Crippen LogP contribution < -0.4 is 16.0 Å². The van der Waals surface area contributed by atoms with E-state index in [0.717, 1.165) is 18.8 Å². The minimum atomic E-state index is -0.712. The number of hydrogen-bond donors (Lipinski definition) is 2. The number of nitrogens with one attached hydrogen (secondary N) is 1. The first kappa shape index (κ1) is 24.2. The number of halogens is 2. The van der Waals surface area contributed by atoms with Gasteiger partial charge in [-0.05, 0) is 37.4 Å². The monoisotopic (exact) mass is 480 g/mol. The Labute approximate surface area is 201 Å². The Morgan fingerprint density at radius 2 is 1.80 bits per heavy atom. The summed E-state index contributed by atoms with van der Waals surface area (Å²) in [7, 11) is 1.99. The van der Waals surface area contributed by atoms with Crippen LogP contribution in [-0.2, 0) is 17.8 Å². The van der Waals surface area contributed by atoms with Crippen molar-refractivity contribution in [2.45, 2.75) is 19.4 Å². The number of nitrogens with two attached hydrogens (primary N) is 1. The highest BCUT2D eigenvalue weighted by Gasteiger charge is 2.21. The van der Waals surface area contributed by atoms with Crippen molar-refractivity contribution in [2.24, 2.45) is 5.73 Å². The fourth-order valence-electron chi connectivity index (χ4n) is 3.89. The van der Waals surface area contributed by atoms with Gasteiger partial charge in [-0.1, -0.05) is 6.07 Å². The zero-order chi connectivity index (χ0) is 24.9. The van der Waals surface area contributed by atoms with Gasteiger partial charge in [0, 0.05) is 62.2 Å². The predicted octanol–water partition coefficient (Wildman–Crippen LogP) is 2.73. The van der Waals surface area contributed by atoms with Crippen molar-refractivity contribution in [1.82, 2.24) is 14.9 Å². The lowest BCUT2D eigenvalue weighted by Gasteiger charge is -2.20. The summed E-state index contributed by atoms with van der Waals surface area (Å²) in [6, 6.07) is 8.90. The van der Waals surface area contributed by atoms with Crippen molar-refractivity contribution in [3.63, 3.8) is 0 Å².